The van der Waals surface area contributed by atoms with Crippen molar-refractivity contribution in [1.82, 2.24) is 0 Å². The quantitative estimate of drug-likeness (QED) is 0.0614. The number of allylic oxidation sites excluding steroid dienone is 2. The molecule has 22 heteroatoms. The van der Waals surface area contributed by atoms with Crippen LogP contribution in [0, 0.1) is 45.3 Å². The van der Waals surface area contributed by atoms with Gasteiger partial charge in [0.1, 0.15) is 91.6 Å². The second-order valence-electron chi connectivity index (χ2n) is 25.3. The van der Waals surface area contributed by atoms with E-state index in [-0.39, 0.29) is 34.5 Å². The normalized spacial score (nSPS) is 52.6. The zero-order valence-corrected chi connectivity index (χ0v) is 44.7. The maximum Gasteiger partial charge on any atom is 0.187 e. The van der Waals surface area contributed by atoms with Crippen LogP contribution < -0.4 is 0 Å². The molecule has 0 aromatic rings. The molecule has 0 unspecified atom stereocenters. The zero-order valence-electron chi connectivity index (χ0n) is 44.7. The highest BCUT2D eigenvalue weighted by Gasteiger charge is 2.72. The number of hydrogen-bond acceptors (Lipinski definition) is 22. The summed E-state index contributed by atoms with van der Waals surface area (Å²) in [5.74, 6) is -0.394. The fourth-order valence-corrected chi connectivity index (χ4v) is 16.1. The highest BCUT2D eigenvalue weighted by molar-refractivity contribution is 5.20. The number of aliphatic hydroxyl groups is 14. The first-order chi connectivity index (χ1) is 35.1. The van der Waals surface area contributed by atoms with E-state index in [0.717, 1.165) is 24.8 Å². The van der Waals surface area contributed by atoms with Crippen molar-refractivity contribution in [3.63, 3.8) is 0 Å². The smallest absolute Gasteiger partial charge is 0.187 e. The summed E-state index contributed by atoms with van der Waals surface area (Å²) in [7, 11) is 0. The minimum absolute atomic E-state index is 0.0508. The molecule has 14 N–H and O–H groups in total. The molecule has 4 aliphatic heterocycles. The predicted molar refractivity (Wildman–Crippen MR) is 260 cm³/mol. The Hall–Kier alpha value is -1.14. The molecule has 4 saturated heterocycles. The summed E-state index contributed by atoms with van der Waals surface area (Å²) < 4.78 is 48.9. The molecule has 22 nitrogen and oxygen atoms in total. The minimum atomic E-state index is -1.81. The SMILES string of the molecule is CC(C)=CCC[C@](C)(O[C@@H]1O[C@H](CO[C@@H]2O[C@H](CO)[C@H](O)[C@H]2O)[C@@H](O)[C@H](O)[C@H]1O)[C@H]1CC[C@]2(C)[C@@H]1[C@H](O)C[C@@H]1[C@@]3(C)CC[C@H](O[C@@H]4O[C@H](CO)[C@H](O)[C@@H](O)[C@H]4O[C@@H]4O[C@H](CO)[C@H](O)[C@@H](O)[C@H]4O)C(C)(C)[C@H]3CC[C@]12C. The van der Waals surface area contributed by atoms with Gasteiger partial charge in [-0.2, -0.15) is 0 Å². The van der Waals surface area contributed by atoms with Crippen LogP contribution in [0.2, 0.25) is 0 Å². The van der Waals surface area contributed by atoms with Crippen LogP contribution >= 0.6 is 0 Å². The summed E-state index contributed by atoms with van der Waals surface area (Å²) in [4.78, 5) is 0. The van der Waals surface area contributed by atoms with Crippen molar-refractivity contribution in [2.45, 2.75) is 248 Å². The highest BCUT2D eigenvalue weighted by Crippen LogP contribution is 2.76. The molecule has 0 spiro atoms. The lowest BCUT2D eigenvalue weighted by Crippen LogP contribution is -2.68. The van der Waals surface area contributed by atoms with Gasteiger partial charge < -0.3 is 109 Å². The van der Waals surface area contributed by atoms with Gasteiger partial charge in [-0.25, -0.2) is 0 Å². The Morgan fingerprint density at radius 1 is 0.560 bits per heavy atom. The molecule has 4 saturated carbocycles. The van der Waals surface area contributed by atoms with Crippen molar-refractivity contribution in [2.24, 2.45) is 45.3 Å². The van der Waals surface area contributed by atoms with Gasteiger partial charge in [0.05, 0.1) is 44.2 Å². The number of hydrogen-bond donors (Lipinski definition) is 14. The lowest BCUT2D eigenvalue weighted by molar-refractivity contribution is -0.378. The van der Waals surface area contributed by atoms with Gasteiger partial charge in [0.2, 0.25) is 0 Å². The van der Waals surface area contributed by atoms with Crippen LogP contribution in [0.4, 0.5) is 0 Å². The van der Waals surface area contributed by atoms with E-state index in [1.165, 1.54) is 0 Å². The van der Waals surface area contributed by atoms with Gasteiger partial charge >= 0.3 is 0 Å². The summed E-state index contributed by atoms with van der Waals surface area (Å²) in [5.41, 5.74) is -1.47. The topological polar surface area (TPSA) is 357 Å². The van der Waals surface area contributed by atoms with E-state index >= 15 is 0 Å². The molecule has 75 heavy (non-hydrogen) atoms. The van der Waals surface area contributed by atoms with Crippen molar-refractivity contribution in [3.05, 3.63) is 11.6 Å². The fourth-order valence-electron chi connectivity index (χ4n) is 16.1. The maximum atomic E-state index is 12.8. The van der Waals surface area contributed by atoms with E-state index in [1.54, 1.807) is 0 Å². The van der Waals surface area contributed by atoms with Gasteiger partial charge in [0.15, 0.2) is 25.2 Å². The zero-order chi connectivity index (χ0) is 55.1. The molecule has 8 rings (SSSR count). The van der Waals surface area contributed by atoms with Crippen molar-refractivity contribution >= 4 is 0 Å². The molecule has 4 heterocycles. The number of fused-ring (bicyclic) bond motifs is 5. The molecule has 0 aromatic carbocycles. The van der Waals surface area contributed by atoms with Gasteiger partial charge in [-0.15, -0.1) is 0 Å². The summed E-state index contributed by atoms with van der Waals surface area (Å²) in [6.07, 6.45) is -22.1. The first-order valence-electron chi connectivity index (χ1n) is 27.3. The molecular formula is C53H90O22. The van der Waals surface area contributed by atoms with E-state index < -0.39 is 172 Å². The van der Waals surface area contributed by atoms with Crippen LogP contribution in [0.15, 0.2) is 11.6 Å². The molecule has 0 amide bonds. The summed E-state index contributed by atoms with van der Waals surface area (Å²) in [6.45, 7) is 14.9. The molecule has 0 aromatic heterocycles. The van der Waals surface area contributed by atoms with E-state index in [0.29, 0.717) is 38.5 Å². The first-order valence-corrected chi connectivity index (χ1v) is 27.3. The molecule has 0 radical (unpaired) electrons. The summed E-state index contributed by atoms with van der Waals surface area (Å²) >= 11 is 0. The van der Waals surface area contributed by atoms with E-state index in [2.05, 4.69) is 40.7 Å². The lowest BCUT2D eigenvalue weighted by Gasteiger charge is -2.71. The second-order valence-corrected chi connectivity index (χ2v) is 25.3. The predicted octanol–water partition coefficient (Wildman–Crippen LogP) is -1.56. The van der Waals surface area contributed by atoms with Crippen LogP contribution in [-0.2, 0) is 37.9 Å². The van der Waals surface area contributed by atoms with Crippen LogP contribution in [0.5, 0.6) is 0 Å². The van der Waals surface area contributed by atoms with Crippen LogP contribution in [-0.4, -0.2) is 232 Å². The monoisotopic (exact) mass is 1080 g/mol. The Morgan fingerprint density at radius 2 is 1.08 bits per heavy atom. The standard InChI is InChI=1S/C53H90O22/c1-23(2)10-9-14-53(8,75-47-43(67)39(63)37(61)29(72-47)22-68-45-41(65)36(60)28(21-56)69-45)24-11-16-52(7)33(24)25(57)18-31-50(5)15-13-32(49(3,4)30(50)12-17-51(31,52)6)73-48-44(40(64)35(59)27(20-55)71-48)74-46-42(66)38(62)34(58)26(19-54)70-46/h10,24-48,54-67H,9,11-22H2,1-8H3/t24-,25+,26+,27+,28+,29+,30+,31+,32-,33-,34-,35-,36-,37+,38+,39-,40+,41+,42+,43+,44+,45+,46-,47-,48-,50-,51+,52+,53-/m0/s1. The molecule has 0 bridgehead atoms. The average Bonchev–Trinajstić information content (AvgIpc) is 3.89. The van der Waals surface area contributed by atoms with Crippen molar-refractivity contribution in [1.29, 1.82) is 0 Å². The average molecular weight is 1080 g/mol. The van der Waals surface area contributed by atoms with E-state index in [4.69, 9.17) is 37.9 Å². The van der Waals surface area contributed by atoms with Gasteiger partial charge in [0.25, 0.3) is 0 Å². The van der Waals surface area contributed by atoms with Gasteiger partial charge in [-0.1, -0.05) is 46.3 Å². The largest absolute Gasteiger partial charge is 0.394 e. The Balaban J connectivity index is 1.01. The van der Waals surface area contributed by atoms with Gasteiger partial charge in [0, 0.05) is 0 Å². The summed E-state index contributed by atoms with van der Waals surface area (Å²) in [5, 5.41) is 151. The Morgan fingerprint density at radius 3 is 1.69 bits per heavy atom. The second kappa shape index (κ2) is 22.7. The van der Waals surface area contributed by atoms with Crippen LogP contribution in [0.1, 0.15) is 113 Å². The highest BCUT2D eigenvalue weighted by atomic mass is 16.8. The molecule has 434 valence electrons. The Labute approximate surface area is 439 Å². The molecule has 8 aliphatic rings. The number of ether oxygens (including phenoxy) is 8. The van der Waals surface area contributed by atoms with Crippen LogP contribution in [0.3, 0.4) is 0 Å². The molecule has 29 atom stereocenters. The van der Waals surface area contributed by atoms with Gasteiger partial charge in [-0.3, -0.25) is 0 Å². The fraction of sp³-hybridized carbons (Fsp3) is 0.962. The van der Waals surface area contributed by atoms with E-state index in [1.807, 2.05) is 20.8 Å². The maximum absolute atomic E-state index is 12.8. The lowest BCUT2D eigenvalue weighted by atomic mass is 9.35. The first kappa shape index (κ1) is 60.0. The minimum Gasteiger partial charge on any atom is -0.394 e. The molecule has 4 aliphatic carbocycles. The summed E-state index contributed by atoms with van der Waals surface area (Å²) in [6, 6.07) is 0. The van der Waals surface area contributed by atoms with Crippen LogP contribution in [0.25, 0.3) is 0 Å². The molecular weight excluding hydrogens is 989 g/mol. The van der Waals surface area contributed by atoms with E-state index in [9.17, 15) is 71.5 Å². The Bertz CT molecular complexity index is 1940. The number of aliphatic hydroxyl groups excluding tert-OH is 14. The third-order valence-corrected chi connectivity index (χ3v) is 20.5. The van der Waals surface area contributed by atoms with Crippen molar-refractivity contribution in [2.75, 3.05) is 26.4 Å². The number of rotatable bonds is 16. The third-order valence-electron chi connectivity index (χ3n) is 20.5. The third kappa shape index (κ3) is 10.5. The van der Waals surface area contributed by atoms with Gasteiger partial charge in [-0.05, 0) is 124 Å². The van der Waals surface area contributed by atoms with Crippen molar-refractivity contribution < 1.29 is 109 Å². The van der Waals surface area contributed by atoms with Crippen molar-refractivity contribution in [3.8, 4) is 0 Å². The molecule has 8 fully saturated rings. The Kier molecular flexibility index (Phi) is 18.1.